The second-order valence-corrected chi connectivity index (χ2v) is 7.03. The predicted octanol–water partition coefficient (Wildman–Crippen LogP) is 1.73. The molecule has 0 aliphatic heterocycles. The van der Waals surface area contributed by atoms with Crippen LogP contribution in [0.3, 0.4) is 0 Å². The van der Waals surface area contributed by atoms with Gasteiger partial charge in [0, 0.05) is 25.7 Å². The van der Waals surface area contributed by atoms with Gasteiger partial charge in [0.25, 0.3) is 15.2 Å². The Morgan fingerprint density at radius 1 is 1.33 bits per heavy atom. The summed E-state index contributed by atoms with van der Waals surface area (Å²) in [6, 6.07) is -0.385. The van der Waals surface area contributed by atoms with Crippen LogP contribution in [0.2, 0.25) is 0 Å². The van der Waals surface area contributed by atoms with E-state index in [1.54, 1.807) is 4.90 Å². The summed E-state index contributed by atoms with van der Waals surface area (Å²) in [5.74, 6) is 0. The molecule has 1 heterocycles. The van der Waals surface area contributed by atoms with Gasteiger partial charge in [-0.25, -0.2) is 18.2 Å². The lowest BCUT2D eigenvalue weighted by molar-refractivity contribution is 0.179. The van der Waals surface area contributed by atoms with Crippen LogP contribution in [-0.4, -0.2) is 64.1 Å². The van der Waals surface area contributed by atoms with Gasteiger partial charge in [-0.15, -0.1) is 18.3 Å². The van der Waals surface area contributed by atoms with Crippen LogP contribution in [0.25, 0.3) is 0 Å². The van der Waals surface area contributed by atoms with Gasteiger partial charge in [0.1, 0.15) is 6.33 Å². The summed E-state index contributed by atoms with van der Waals surface area (Å²) in [5.41, 5.74) is 0. The van der Waals surface area contributed by atoms with E-state index in [-0.39, 0.29) is 19.1 Å². The Hall–Kier alpha value is -2.00. The average molecular weight is 355 g/mol. The maximum absolute atomic E-state index is 12.5. The number of sulfonamides is 1. The molecule has 0 aliphatic carbocycles. The van der Waals surface area contributed by atoms with E-state index < -0.39 is 21.2 Å². The van der Waals surface area contributed by atoms with Crippen molar-refractivity contribution in [2.45, 2.75) is 38.4 Å². The van der Waals surface area contributed by atoms with E-state index >= 15 is 0 Å². The highest BCUT2D eigenvalue weighted by Crippen LogP contribution is 2.12. The van der Waals surface area contributed by atoms with Crippen molar-refractivity contribution in [2.24, 2.45) is 0 Å². The second-order valence-electron chi connectivity index (χ2n) is 5.20. The van der Waals surface area contributed by atoms with Crippen LogP contribution in [-0.2, 0) is 10.0 Å². The lowest BCUT2D eigenvalue weighted by Gasteiger charge is -2.26. The zero-order valence-electron chi connectivity index (χ0n) is 14.4. The highest BCUT2D eigenvalue weighted by Gasteiger charge is 2.29. The van der Waals surface area contributed by atoms with Gasteiger partial charge in [-0.3, -0.25) is 0 Å². The Bertz CT molecular complexity index is 673. The lowest BCUT2D eigenvalue weighted by Crippen LogP contribution is -2.41. The first kappa shape index (κ1) is 20.0. The summed E-state index contributed by atoms with van der Waals surface area (Å²) in [4.78, 5) is 17.9. The summed E-state index contributed by atoms with van der Waals surface area (Å²) in [7, 11) is -3.92. The molecular weight excluding hydrogens is 330 g/mol. The SMILES string of the molecule is C=CCN(CC=C)S(=O)(=O)c1ncn(C(=O)N(CC)C(C)CC)n1. The fourth-order valence-corrected chi connectivity index (χ4v) is 3.33. The largest absolute Gasteiger partial charge is 0.346 e. The normalized spacial score (nSPS) is 12.8. The molecule has 1 aromatic rings. The molecule has 0 bridgehead atoms. The predicted molar refractivity (Wildman–Crippen MR) is 92.1 cm³/mol. The molecule has 0 aromatic carbocycles. The van der Waals surface area contributed by atoms with Crippen LogP contribution in [0, 0.1) is 0 Å². The van der Waals surface area contributed by atoms with Crippen molar-refractivity contribution in [3.63, 3.8) is 0 Å². The molecule has 0 fully saturated rings. The van der Waals surface area contributed by atoms with E-state index in [2.05, 4.69) is 23.2 Å². The summed E-state index contributed by atoms with van der Waals surface area (Å²) >= 11 is 0. The van der Waals surface area contributed by atoms with Crippen molar-refractivity contribution in [1.82, 2.24) is 24.0 Å². The summed E-state index contributed by atoms with van der Waals surface area (Å²) in [6.07, 6.45) is 4.84. The van der Waals surface area contributed by atoms with Gasteiger partial charge < -0.3 is 4.90 Å². The number of carbonyl (C=O) groups excluding carboxylic acids is 1. The van der Waals surface area contributed by atoms with E-state index in [1.807, 2.05) is 20.8 Å². The van der Waals surface area contributed by atoms with Gasteiger partial charge in [0.15, 0.2) is 0 Å². The Morgan fingerprint density at radius 3 is 2.38 bits per heavy atom. The molecule has 0 saturated carbocycles. The van der Waals surface area contributed by atoms with Crippen molar-refractivity contribution < 1.29 is 13.2 Å². The van der Waals surface area contributed by atoms with Crippen molar-refractivity contribution in [3.8, 4) is 0 Å². The maximum atomic E-state index is 12.5. The van der Waals surface area contributed by atoms with E-state index in [0.717, 1.165) is 21.7 Å². The van der Waals surface area contributed by atoms with Gasteiger partial charge in [-0.2, -0.15) is 8.99 Å². The first-order valence-corrected chi connectivity index (χ1v) is 9.21. The number of hydrogen-bond acceptors (Lipinski definition) is 5. The molecule has 24 heavy (non-hydrogen) atoms. The summed E-state index contributed by atoms with van der Waals surface area (Å²) in [6.45, 7) is 13.5. The third-order valence-electron chi connectivity index (χ3n) is 3.61. The van der Waals surface area contributed by atoms with Gasteiger partial charge in [0.2, 0.25) is 0 Å². The summed E-state index contributed by atoms with van der Waals surface area (Å²) in [5, 5.41) is 3.45. The van der Waals surface area contributed by atoms with E-state index in [1.165, 1.54) is 12.2 Å². The fourth-order valence-electron chi connectivity index (χ4n) is 2.12. The Kier molecular flexibility index (Phi) is 7.30. The standard InChI is InChI=1S/C15H25N5O3S/c1-6-10-18(11-7-2)24(22,23)14-16-12-20(17-14)15(21)19(9-4)13(5)8-3/h6-7,12-13H,1-2,8-11H2,3-5H3. The first-order valence-electron chi connectivity index (χ1n) is 7.77. The molecule has 0 radical (unpaired) electrons. The molecule has 1 rings (SSSR count). The van der Waals surface area contributed by atoms with Gasteiger partial charge in [-0.05, 0) is 20.3 Å². The monoisotopic (exact) mass is 355 g/mol. The van der Waals surface area contributed by atoms with Crippen LogP contribution in [0.5, 0.6) is 0 Å². The van der Waals surface area contributed by atoms with Crippen LogP contribution < -0.4 is 0 Å². The van der Waals surface area contributed by atoms with Crippen molar-refractivity contribution in [2.75, 3.05) is 19.6 Å². The number of aromatic nitrogens is 3. The Morgan fingerprint density at radius 2 is 1.92 bits per heavy atom. The number of hydrogen-bond donors (Lipinski definition) is 0. The number of carbonyl (C=O) groups is 1. The molecule has 1 atom stereocenters. The molecule has 9 heteroatoms. The zero-order chi connectivity index (χ0) is 18.3. The third kappa shape index (κ3) is 4.30. The summed E-state index contributed by atoms with van der Waals surface area (Å²) < 4.78 is 27.2. The zero-order valence-corrected chi connectivity index (χ0v) is 15.2. The lowest BCUT2D eigenvalue weighted by atomic mass is 10.2. The first-order chi connectivity index (χ1) is 11.3. The Labute approximate surface area is 143 Å². The molecule has 0 N–H and O–H groups in total. The number of nitrogens with zero attached hydrogens (tertiary/aromatic N) is 5. The van der Waals surface area contributed by atoms with Crippen LogP contribution in [0.15, 0.2) is 36.8 Å². The van der Waals surface area contributed by atoms with E-state index in [4.69, 9.17) is 0 Å². The maximum Gasteiger partial charge on any atom is 0.346 e. The van der Waals surface area contributed by atoms with E-state index in [0.29, 0.717) is 6.54 Å². The second kappa shape index (κ2) is 8.74. The molecule has 0 saturated heterocycles. The quantitative estimate of drug-likeness (QED) is 0.630. The van der Waals surface area contributed by atoms with Gasteiger partial charge in [-0.1, -0.05) is 19.1 Å². The van der Waals surface area contributed by atoms with E-state index in [9.17, 15) is 13.2 Å². The fraction of sp³-hybridized carbons (Fsp3) is 0.533. The van der Waals surface area contributed by atoms with Crippen LogP contribution in [0.1, 0.15) is 27.2 Å². The molecule has 0 spiro atoms. The van der Waals surface area contributed by atoms with Crippen LogP contribution in [0.4, 0.5) is 4.79 Å². The molecule has 1 amide bonds. The highest BCUT2D eigenvalue weighted by atomic mass is 32.2. The molecular formula is C15H25N5O3S. The van der Waals surface area contributed by atoms with Gasteiger partial charge in [0.05, 0.1) is 0 Å². The molecule has 134 valence electrons. The van der Waals surface area contributed by atoms with Crippen molar-refractivity contribution in [3.05, 3.63) is 31.6 Å². The van der Waals surface area contributed by atoms with Gasteiger partial charge >= 0.3 is 6.03 Å². The number of amides is 1. The minimum atomic E-state index is -3.92. The molecule has 0 aliphatic rings. The third-order valence-corrected chi connectivity index (χ3v) is 5.24. The molecule has 1 aromatic heterocycles. The molecule has 8 nitrogen and oxygen atoms in total. The minimum absolute atomic E-state index is 0.0183. The van der Waals surface area contributed by atoms with Crippen molar-refractivity contribution >= 4 is 16.1 Å². The number of rotatable bonds is 9. The topological polar surface area (TPSA) is 88.4 Å². The average Bonchev–Trinajstić information content (AvgIpc) is 3.05. The Balaban J connectivity index is 3.12. The molecule has 1 unspecified atom stereocenters. The minimum Gasteiger partial charge on any atom is -0.320 e. The van der Waals surface area contributed by atoms with Crippen molar-refractivity contribution in [1.29, 1.82) is 0 Å². The van der Waals surface area contributed by atoms with Crippen LogP contribution >= 0.6 is 0 Å². The highest BCUT2D eigenvalue weighted by molar-refractivity contribution is 7.89. The smallest absolute Gasteiger partial charge is 0.320 e.